The van der Waals surface area contributed by atoms with Crippen LogP contribution in [-0.4, -0.2) is 24.5 Å². The summed E-state index contributed by atoms with van der Waals surface area (Å²) < 4.78 is 5.77. The first-order chi connectivity index (χ1) is 14.3. The van der Waals surface area contributed by atoms with Crippen LogP contribution >= 0.6 is 11.8 Å². The Kier molecular flexibility index (Phi) is 11.7. The minimum atomic E-state index is -0.0962. The number of benzene rings is 2. The molecule has 0 saturated heterocycles. The number of thioether (sulfide) groups is 1. The minimum Gasteiger partial charge on any atom is -0.494 e. The second kappa shape index (κ2) is 14.7. The molecule has 1 amide bonds. The van der Waals surface area contributed by atoms with E-state index in [9.17, 15) is 4.79 Å². The smallest absolute Gasteiger partial charge is 0.250 e. The standard InChI is InChI=1S/C24H32N2O2S/c1-2-3-4-5-6-10-17-28-23-15-13-21(14-16-23)18-25-26-24(27)20-29-19-22-11-8-7-9-12-22/h7-9,11-16,18H,2-6,10,17,19-20H2,1H3,(H,26,27)/b25-18+. The first-order valence-electron chi connectivity index (χ1n) is 10.4. The Bertz CT molecular complexity index is 717. The van der Waals surface area contributed by atoms with Crippen LogP contribution in [0.1, 0.15) is 56.6 Å². The number of carbonyl (C=O) groups is 1. The molecule has 0 unspecified atom stereocenters. The van der Waals surface area contributed by atoms with Gasteiger partial charge in [-0.3, -0.25) is 4.79 Å². The normalized spacial score (nSPS) is 10.9. The predicted molar refractivity (Wildman–Crippen MR) is 124 cm³/mol. The number of ether oxygens (including phenoxy) is 1. The van der Waals surface area contributed by atoms with Crippen LogP contribution < -0.4 is 10.2 Å². The molecule has 0 bridgehead atoms. The molecule has 29 heavy (non-hydrogen) atoms. The van der Waals surface area contributed by atoms with Crippen LogP contribution in [0.5, 0.6) is 5.75 Å². The number of hydrogen-bond donors (Lipinski definition) is 1. The van der Waals surface area contributed by atoms with Crippen molar-refractivity contribution in [3.05, 3.63) is 65.7 Å². The van der Waals surface area contributed by atoms with Gasteiger partial charge in [-0.15, -0.1) is 11.8 Å². The van der Waals surface area contributed by atoms with E-state index in [2.05, 4.69) is 29.6 Å². The number of unbranched alkanes of at least 4 members (excludes halogenated alkanes) is 5. The van der Waals surface area contributed by atoms with E-state index in [0.717, 1.165) is 30.1 Å². The molecule has 0 aliphatic carbocycles. The lowest BCUT2D eigenvalue weighted by Crippen LogP contribution is -2.19. The summed E-state index contributed by atoms with van der Waals surface area (Å²) in [6.45, 7) is 2.99. The Hall–Kier alpha value is -2.27. The molecule has 0 aromatic heterocycles. The monoisotopic (exact) mass is 412 g/mol. The van der Waals surface area contributed by atoms with Gasteiger partial charge in [0.15, 0.2) is 0 Å². The SMILES string of the molecule is CCCCCCCCOc1ccc(/C=N/NC(=O)CSCc2ccccc2)cc1. The van der Waals surface area contributed by atoms with Gasteiger partial charge in [-0.1, -0.05) is 69.4 Å². The summed E-state index contributed by atoms with van der Waals surface area (Å²) >= 11 is 1.57. The highest BCUT2D eigenvalue weighted by molar-refractivity contribution is 7.99. The molecule has 4 nitrogen and oxygen atoms in total. The van der Waals surface area contributed by atoms with E-state index < -0.39 is 0 Å². The molecular formula is C24H32N2O2S. The molecule has 0 radical (unpaired) electrons. The van der Waals surface area contributed by atoms with Crippen LogP contribution in [0.2, 0.25) is 0 Å². The highest BCUT2D eigenvalue weighted by Gasteiger charge is 2.00. The number of amides is 1. The molecule has 2 aromatic rings. The number of hydrogen-bond acceptors (Lipinski definition) is 4. The van der Waals surface area contributed by atoms with E-state index in [0.29, 0.717) is 5.75 Å². The Morgan fingerprint density at radius 2 is 1.72 bits per heavy atom. The van der Waals surface area contributed by atoms with Gasteiger partial charge in [0, 0.05) is 5.75 Å². The molecule has 156 valence electrons. The van der Waals surface area contributed by atoms with Crippen molar-refractivity contribution < 1.29 is 9.53 Å². The van der Waals surface area contributed by atoms with Crippen LogP contribution in [-0.2, 0) is 10.5 Å². The zero-order valence-electron chi connectivity index (χ0n) is 17.3. The average Bonchev–Trinajstić information content (AvgIpc) is 2.75. The molecule has 0 heterocycles. The molecule has 0 atom stereocenters. The van der Waals surface area contributed by atoms with Crippen LogP contribution in [0.4, 0.5) is 0 Å². The van der Waals surface area contributed by atoms with Gasteiger partial charge in [0.25, 0.3) is 0 Å². The fourth-order valence-corrected chi connectivity index (χ4v) is 3.55. The Morgan fingerprint density at radius 3 is 2.48 bits per heavy atom. The second-order valence-electron chi connectivity index (χ2n) is 6.96. The Balaban J connectivity index is 1.58. The van der Waals surface area contributed by atoms with E-state index in [-0.39, 0.29) is 5.91 Å². The third kappa shape index (κ3) is 10.7. The fraction of sp³-hybridized carbons (Fsp3) is 0.417. The maximum atomic E-state index is 11.8. The molecule has 0 saturated carbocycles. The largest absolute Gasteiger partial charge is 0.494 e. The van der Waals surface area contributed by atoms with E-state index in [4.69, 9.17) is 4.74 Å². The summed E-state index contributed by atoms with van der Waals surface area (Å²) in [6, 6.07) is 17.9. The summed E-state index contributed by atoms with van der Waals surface area (Å²) in [4.78, 5) is 11.8. The third-order valence-electron chi connectivity index (χ3n) is 4.39. The molecule has 2 aromatic carbocycles. The van der Waals surface area contributed by atoms with Crippen molar-refractivity contribution in [2.75, 3.05) is 12.4 Å². The maximum absolute atomic E-state index is 11.8. The summed E-state index contributed by atoms with van der Waals surface area (Å²) in [5.74, 6) is 1.98. The Labute approximate surface area is 179 Å². The van der Waals surface area contributed by atoms with E-state index in [1.165, 1.54) is 37.7 Å². The molecular weight excluding hydrogens is 380 g/mol. The van der Waals surface area contributed by atoms with Crippen LogP contribution in [0.25, 0.3) is 0 Å². The van der Waals surface area contributed by atoms with E-state index in [1.54, 1.807) is 18.0 Å². The van der Waals surface area contributed by atoms with Gasteiger partial charge in [0.2, 0.25) is 5.91 Å². The molecule has 0 aliphatic rings. The van der Waals surface area contributed by atoms with Crippen LogP contribution in [0.3, 0.4) is 0 Å². The Morgan fingerprint density at radius 1 is 1.00 bits per heavy atom. The lowest BCUT2D eigenvalue weighted by Gasteiger charge is -2.06. The van der Waals surface area contributed by atoms with Crippen molar-refractivity contribution in [2.45, 2.75) is 51.2 Å². The molecule has 1 N–H and O–H groups in total. The van der Waals surface area contributed by atoms with Crippen molar-refractivity contribution in [3.63, 3.8) is 0 Å². The van der Waals surface area contributed by atoms with E-state index >= 15 is 0 Å². The number of carbonyl (C=O) groups excluding carboxylic acids is 1. The second-order valence-corrected chi connectivity index (χ2v) is 7.94. The van der Waals surface area contributed by atoms with Crippen molar-refractivity contribution in [1.29, 1.82) is 0 Å². The highest BCUT2D eigenvalue weighted by Crippen LogP contribution is 2.13. The number of nitrogens with one attached hydrogen (secondary N) is 1. The zero-order chi connectivity index (χ0) is 20.6. The first kappa shape index (κ1) is 23.0. The fourth-order valence-electron chi connectivity index (χ4n) is 2.77. The van der Waals surface area contributed by atoms with Crippen molar-refractivity contribution in [1.82, 2.24) is 5.43 Å². The van der Waals surface area contributed by atoms with Gasteiger partial charge in [0.05, 0.1) is 18.6 Å². The summed E-state index contributed by atoms with van der Waals surface area (Å²) in [5.41, 5.74) is 4.71. The summed E-state index contributed by atoms with van der Waals surface area (Å²) in [7, 11) is 0. The maximum Gasteiger partial charge on any atom is 0.250 e. The quantitative estimate of drug-likeness (QED) is 0.242. The number of hydrazone groups is 1. The third-order valence-corrected chi connectivity index (χ3v) is 5.40. The van der Waals surface area contributed by atoms with Gasteiger partial charge in [0.1, 0.15) is 5.75 Å². The lowest BCUT2D eigenvalue weighted by molar-refractivity contribution is -0.118. The van der Waals surface area contributed by atoms with E-state index in [1.807, 2.05) is 42.5 Å². The minimum absolute atomic E-state index is 0.0962. The summed E-state index contributed by atoms with van der Waals surface area (Å²) in [5, 5.41) is 4.03. The van der Waals surface area contributed by atoms with Gasteiger partial charge in [-0.2, -0.15) is 5.10 Å². The van der Waals surface area contributed by atoms with Gasteiger partial charge < -0.3 is 4.74 Å². The van der Waals surface area contributed by atoms with Crippen LogP contribution in [0, 0.1) is 0 Å². The average molecular weight is 413 g/mol. The number of nitrogens with zero attached hydrogens (tertiary/aromatic N) is 1. The van der Waals surface area contributed by atoms with Crippen LogP contribution in [0.15, 0.2) is 59.7 Å². The highest BCUT2D eigenvalue weighted by atomic mass is 32.2. The first-order valence-corrected chi connectivity index (χ1v) is 11.6. The number of rotatable bonds is 14. The summed E-state index contributed by atoms with van der Waals surface area (Å²) in [6.07, 6.45) is 9.21. The van der Waals surface area contributed by atoms with Gasteiger partial charge in [-0.05, 0) is 41.8 Å². The molecule has 2 rings (SSSR count). The predicted octanol–water partition coefficient (Wildman–Crippen LogP) is 5.81. The molecule has 0 fully saturated rings. The van der Waals surface area contributed by atoms with Crippen molar-refractivity contribution >= 4 is 23.9 Å². The van der Waals surface area contributed by atoms with Crippen molar-refractivity contribution in [3.8, 4) is 5.75 Å². The topological polar surface area (TPSA) is 50.7 Å². The zero-order valence-corrected chi connectivity index (χ0v) is 18.1. The molecule has 5 heteroatoms. The lowest BCUT2D eigenvalue weighted by atomic mass is 10.1. The molecule has 0 aliphatic heterocycles. The molecule has 0 spiro atoms. The van der Waals surface area contributed by atoms with Gasteiger partial charge in [-0.25, -0.2) is 5.43 Å². The van der Waals surface area contributed by atoms with Gasteiger partial charge >= 0.3 is 0 Å². The van der Waals surface area contributed by atoms with Crippen molar-refractivity contribution in [2.24, 2.45) is 5.10 Å².